The summed E-state index contributed by atoms with van der Waals surface area (Å²) >= 11 is 0. The number of nitrogens with two attached hydrogens (primary N) is 1. The van der Waals surface area contributed by atoms with E-state index in [0.29, 0.717) is 12.8 Å². The second-order valence-electron chi connectivity index (χ2n) is 5.11. The molecule has 1 spiro atoms. The van der Waals surface area contributed by atoms with Crippen molar-refractivity contribution in [1.29, 1.82) is 5.26 Å². The Bertz CT molecular complexity index is 532. The summed E-state index contributed by atoms with van der Waals surface area (Å²) in [5.74, 6) is -2.16. The number of hydrogen-bond donors (Lipinski definition) is 4. The first kappa shape index (κ1) is 13.4. The van der Waals surface area contributed by atoms with Crippen molar-refractivity contribution in [2.24, 2.45) is 17.1 Å². The monoisotopic (exact) mass is 264 g/mol. The van der Waals surface area contributed by atoms with Crippen molar-refractivity contribution in [2.75, 3.05) is 0 Å². The molecular weight excluding hydrogens is 248 g/mol. The van der Waals surface area contributed by atoms with E-state index in [1.165, 1.54) is 6.92 Å². The molecule has 19 heavy (non-hydrogen) atoms. The lowest BCUT2D eigenvalue weighted by molar-refractivity contribution is -0.138. The molecule has 1 fully saturated rings. The Morgan fingerprint density at radius 1 is 1.47 bits per heavy atom. The molecule has 0 saturated carbocycles. The summed E-state index contributed by atoms with van der Waals surface area (Å²) in [6.07, 6.45) is 1.07. The highest BCUT2D eigenvalue weighted by Gasteiger charge is 2.68. The maximum Gasteiger partial charge on any atom is 0.247 e. The predicted molar refractivity (Wildman–Crippen MR) is 64.6 cm³/mol. The fourth-order valence-corrected chi connectivity index (χ4v) is 3.09. The third-order valence-corrected chi connectivity index (χ3v) is 3.89. The fourth-order valence-electron chi connectivity index (χ4n) is 3.09. The summed E-state index contributed by atoms with van der Waals surface area (Å²) < 4.78 is 0. The lowest BCUT2D eigenvalue weighted by Crippen LogP contribution is -2.46. The number of carbonyl (C=O) groups excluding carboxylic acids is 2. The quantitative estimate of drug-likeness (QED) is 0.478. The van der Waals surface area contributed by atoms with E-state index in [1.54, 1.807) is 0 Å². The average Bonchev–Trinajstić information content (AvgIpc) is 2.66. The normalized spacial score (nSPS) is 37.5. The molecule has 5 N–H and O–H groups in total. The lowest BCUT2D eigenvalue weighted by Gasteiger charge is -2.31. The topological polar surface area (TPSA) is 128 Å². The van der Waals surface area contributed by atoms with Crippen molar-refractivity contribution in [3.8, 4) is 6.07 Å². The molecule has 0 aromatic carbocycles. The van der Waals surface area contributed by atoms with Gasteiger partial charge < -0.3 is 21.5 Å². The fraction of sp³-hybridized carbons (Fsp3) is 0.583. The molecule has 0 unspecified atom stereocenters. The molecule has 2 aliphatic heterocycles. The zero-order valence-corrected chi connectivity index (χ0v) is 10.8. The molecule has 2 amide bonds. The highest BCUT2D eigenvalue weighted by molar-refractivity contribution is 6.13. The van der Waals surface area contributed by atoms with Crippen molar-refractivity contribution >= 4 is 11.8 Å². The van der Waals surface area contributed by atoms with Crippen LogP contribution in [0.25, 0.3) is 0 Å². The van der Waals surface area contributed by atoms with Gasteiger partial charge in [0, 0.05) is 5.92 Å². The molecule has 102 valence electrons. The smallest absolute Gasteiger partial charge is 0.247 e. The van der Waals surface area contributed by atoms with Crippen LogP contribution in [0.4, 0.5) is 0 Å². The molecule has 2 rings (SSSR count). The van der Waals surface area contributed by atoms with Gasteiger partial charge in [-0.2, -0.15) is 5.26 Å². The second-order valence-corrected chi connectivity index (χ2v) is 5.11. The van der Waals surface area contributed by atoms with Gasteiger partial charge >= 0.3 is 0 Å². The molecule has 0 bridgehead atoms. The van der Waals surface area contributed by atoms with E-state index in [1.807, 2.05) is 13.0 Å². The van der Waals surface area contributed by atoms with Gasteiger partial charge in [0.2, 0.25) is 11.8 Å². The van der Waals surface area contributed by atoms with E-state index >= 15 is 0 Å². The van der Waals surface area contributed by atoms with E-state index in [2.05, 4.69) is 10.6 Å². The Morgan fingerprint density at radius 2 is 2.11 bits per heavy atom. The van der Waals surface area contributed by atoms with Crippen LogP contribution in [0.3, 0.4) is 0 Å². The molecule has 7 heteroatoms. The van der Waals surface area contributed by atoms with Crippen molar-refractivity contribution in [3.63, 3.8) is 0 Å². The number of amides is 2. The Kier molecular flexibility index (Phi) is 2.79. The minimum Gasteiger partial charge on any atom is -0.384 e. The summed E-state index contributed by atoms with van der Waals surface area (Å²) in [6.45, 7) is 3.30. The SMILES string of the molecule is CCC[C@H]1[C@]2(C(=O)NC(N)=C2C#N)C(=O)N[C@]1(C)O. The van der Waals surface area contributed by atoms with Gasteiger partial charge in [0.1, 0.15) is 17.6 Å². The van der Waals surface area contributed by atoms with E-state index in [-0.39, 0.29) is 11.4 Å². The van der Waals surface area contributed by atoms with Crippen LogP contribution in [0.2, 0.25) is 0 Å². The van der Waals surface area contributed by atoms with Crippen molar-refractivity contribution < 1.29 is 14.7 Å². The van der Waals surface area contributed by atoms with E-state index in [0.717, 1.165) is 0 Å². The number of hydrogen-bond acceptors (Lipinski definition) is 5. The zero-order valence-electron chi connectivity index (χ0n) is 10.8. The molecule has 1 saturated heterocycles. The summed E-state index contributed by atoms with van der Waals surface area (Å²) in [4.78, 5) is 24.5. The Labute approximate surface area is 110 Å². The highest BCUT2D eigenvalue weighted by Crippen LogP contribution is 2.50. The van der Waals surface area contributed by atoms with Crippen molar-refractivity contribution in [2.45, 2.75) is 32.4 Å². The molecule has 2 aliphatic rings. The van der Waals surface area contributed by atoms with Crippen molar-refractivity contribution in [3.05, 3.63) is 11.4 Å². The maximum absolute atomic E-state index is 12.3. The lowest BCUT2D eigenvalue weighted by atomic mass is 9.68. The van der Waals surface area contributed by atoms with Crippen LogP contribution in [-0.4, -0.2) is 22.6 Å². The first-order valence-electron chi connectivity index (χ1n) is 6.09. The van der Waals surface area contributed by atoms with Crippen LogP contribution < -0.4 is 16.4 Å². The Morgan fingerprint density at radius 3 is 2.63 bits per heavy atom. The van der Waals surface area contributed by atoms with Gasteiger partial charge in [-0.3, -0.25) is 9.59 Å². The van der Waals surface area contributed by atoms with Crippen LogP contribution in [0, 0.1) is 22.7 Å². The number of carbonyl (C=O) groups is 2. The van der Waals surface area contributed by atoms with Crippen LogP contribution in [-0.2, 0) is 9.59 Å². The molecule has 0 aromatic rings. The van der Waals surface area contributed by atoms with Gasteiger partial charge in [0.25, 0.3) is 0 Å². The zero-order chi connectivity index (χ0) is 14.4. The van der Waals surface area contributed by atoms with E-state index < -0.39 is 28.9 Å². The molecule has 2 heterocycles. The Hall–Kier alpha value is -2.07. The van der Waals surface area contributed by atoms with Crippen molar-refractivity contribution in [1.82, 2.24) is 10.6 Å². The number of nitrogens with zero attached hydrogens (tertiary/aromatic N) is 1. The molecule has 3 atom stereocenters. The Balaban J connectivity index is 2.66. The van der Waals surface area contributed by atoms with Crippen LogP contribution in [0.15, 0.2) is 11.4 Å². The van der Waals surface area contributed by atoms with Gasteiger partial charge in [-0.1, -0.05) is 13.3 Å². The standard InChI is InChI=1S/C12H16N4O3/c1-3-4-7-11(2,19)16-10(18)12(7)6(5-13)8(14)15-9(12)17/h7,19H,3-4,14H2,1-2H3,(H,15,17)(H,16,18)/t7-,11-,12-/m1/s1. The van der Waals surface area contributed by atoms with E-state index in [4.69, 9.17) is 5.73 Å². The number of nitriles is 1. The molecule has 0 aliphatic carbocycles. The summed E-state index contributed by atoms with van der Waals surface area (Å²) in [5, 5.41) is 24.2. The minimum absolute atomic E-state index is 0.105. The third-order valence-electron chi connectivity index (χ3n) is 3.89. The van der Waals surface area contributed by atoms with E-state index in [9.17, 15) is 20.0 Å². The largest absolute Gasteiger partial charge is 0.384 e. The summed E-state index contributed by atoms with van der Waals surface area (Å²) in [7, 11) is 0. The third kappa shape index (κ3) is 1.47. The first-order valence-corrected chi connectivity index (χ1v) is 6.09. The molecular formula is C12H16N4O3. The second kappa shape index (κ2) is 3.96. The van der Waals surface area contributed by atoms with Gasteiger partial charge in [0.05, 0.1) is 5.57 Å². The number of aliphatic hydroxyl groups is 1. The molecule has 0 radical (unpaired) electrons. The van der Waals surface area contributed by atoms with Gasteiger partial charge in [-0.05, 0) is 13.3 Å². The van der Waals surface area contributed by atoms with Crippen LogP contribution >= 0.6 is 0 Å². The van der Waals surface area contributed by atoms with Crippen LogP contribution in [0.1, 0.15) is 26.7 Å². The highest BCUT2D eigenvalue weighted by atomic mass is 16.3. The molecule has 7 nitrogen and oxygen atoms in total. The summed E-state index contributed by atoms with van der Waals surface area (Å²) in [6, 6.07) is 1.83. The first-order chi connectivity index (χ1) is 8.82. The average molecular weight is 264 g/mol. The predicted octanol–water partition coefficient (Wildman–Crippen LogP) is -0.949. The minimum atomic E-state index is -1.71. The summed E-state index contributed by atoms with van der Waals surface area (Å²) in [5.41, 5.74) is 2.25. The maximum atomic E-state index is 12.3. The van der Waals surface area contributed by atoms with Crippen LogP contribution in [0.5, 0.6) is 0 Å². The molecule has 0 aromatic heterocycles. The van der Waals surface area contributed by atoms with Gasteiger partial charge in [-0.25, -0.2) is 0 Å². The number of nitrogens with one attached hydrogen (secondary N) is 2. The number of rotatable bonds is 2. The van der Waals surface area contributed by atoms with Gasteiger partial charge in [-0.15, -0.1) is 0 Å². The van der Waals surface area contributed by atoms with Gasteiger partial charge in [0.15, 0.2) is 5.41 Å².